The number of hydrogen-bond donors (Lipinski definition) is 2. The molecule has 0 saturated carbocycles. The third-order valence-electron chi connectivity index (χ3n) is 3.12. The first-order chi connectivity index (χ1) is 10.7. The second kappa shape index (κ2) is 6.70. The monoisotopic (exact) mass is 362 g/mol. The Bertz CT molecular complexity index is 674. The van der Waals surface area contributed by atoms with Crippen molar-refractivity contribution >= 4 is 33.2 Å². The Labute approximate surface area is 136 Å². The predicted molar refractivity (Wildman–Crippen MR) is 88.7 cm³/mol. The molecule has 1 aliphatic rings. The zero-order valence-corrected chi connectivity index (χ0v) is 13.4. The number of hydrogen-bond acceptors (Lipinski definition) is 4. The highest BCUT2D eigenvalue weighted by atomic mass is 79.9. The summed E-state index contributed by atoms with van der Waals surface area (Å²) >= 11 is 3.36. The van der Waals surface area contributed by atoms with Crippen molar-refractivity contribution in [1.82, 2.24) is 0 Å². The molecular weight excluding hydrogens is 348 g/mol. The minimum atomic E-state index is -0.114. The molecule has 0 aromatic heterocycles. The maximum atomic E-state index is 11.9. The second-order valence-corrected chi connectivity index (χ2v) is 5.68. The number of nitrogens with one attached hydrogen (secondary N) is 2. The van der Waals surface area contributed by atoms with Gasteiger partial charge in [-0.2, -0.15) is 0 Å². The number of rotatable bonds is 4. The molecule has 1 heterocycles. The van der Waals surface area contributed by atoms with Crippen LogP contribution in [0.1, 0.15) is 0 Å². The first-order valence-corrected chi connectivity index (χ1v) is 7.69. The average molecular weight is 363 g/mol. The minimum absolute atomic E-state index is 0.114. The molecule has 0 aliphatic carbocycles. The van der Waals surface area contributed by atoms with Crippen LogP contribution in [0.5, 0.6) is 11.5 Å². The van der Waals surface area contributed by atoms with E-state index in [1.807, 2.05) is 42.5 Å². The van der Waals surface area contributed by atoms with E-state index in [1.165, 1.54) is 0 Å². The minimum Gasteiger partial charge on any atom is -0.486 e. The van der Waals surface area contributed by atoms with Crippen LogP contribution in [0.15, 0.2) is 46.9 Å². The summed E-state index contributed by atoms with van der Waals surface area (Å²) < 4.78 is 11.9. The van der Waals surface area contributed by atoms with Crippen LogP contribution in [0.4, 0.5) is 11.4 Å². The Balaban J connectivity index is 1.55. The largest absolute Gasteiger partial charge is 0.486 e. The lowest BCUT2D eigenvalue weighted by Crippen LogP contribution is -2.22. The van der Waals surface area contributed by atoms with Gasteiger partial charge in [0.2, 0.25) is 5.91 Å². The van der Waals surface area contributed by atoms with E-state index in [9.17, 15) is 4.79 Å². The number of amides is 1. The van der Waals surface area contributed by atoms with Gasteiger partial charge in [-0.15, -0.1) is 0 Å². The van der Waals surface area contributed by atoms with Gasteiger partial charge in [0.05, 0.1) is 6.54 Å². The van der Waals surface area contributed by atoms with Crippen LogP contribution >= 0.6 is 15.9 Å². The van der Waals surface area contributed by atoms with Crippen molar-refractivity contribution in [3.05, 3.63) is 46.9 Å². The number of ether oxygens (including phenoxy) is 2. The van der Waals surface area contributed by atoms with E-state index in [0.29, 0.717) is 19.0 Å². The smallest absolute Gasteiger partial charge is 0.243 e. The Morgan fingerprint density at radius 1 is 1.00 bits per heavy atom. The number of anilines is 2. The molecule has 5 nitrogen and oxygen atoms in total. The fourth-order valence-electron chi connectivity index (χ4n) is 2.07. The molecule has 114 valence electrons. The lowest BCUT2D eigenvalue weighted by molar-refractivity contribution is -0.114. The van der Waals surface area contributed by atoms with E-state index >= 15 is 0 Å². The highest BCUT2D eigenvalue weighted by Gasteiger charge is 2.12. The Kier molecular flexibility index (Phi) is 4.48. The summed E-state index contributed by atoms with van der Waals surface area (Å²) in [5.74, 6) is 1.32. The second-order valence-electron chi connectivity index (χ2n) is 4.77. The zero-order valence-electron chi connectivity index (χ0n) is 11.8. The number of fused-ring (bicyclic) bond motifs is 1. The van der Waals surface area contributed by atoms with E-state index in [2.05, 4.69) is 26.6 Å². The summed E-state index contributed by atoms with van der Waals surface area (Å²) in [4.78, 5) is 11.9. The van der Waals surface area contributed by atoms with Crippen molar-refractivity contribution < 1.29 is 14.3 Å². The SMILES string of the molecule is O=C(CNc1ccc2c(c1)OCCO2)Nc1ccc(Br)cc1. The van der Waals surface area contributed by atoms with Gasteiger partial charge in [0.25, 0.3) is 0 Å². The van der Waals surface area contributed by atoms with Crippen molar-refractivity contribution in [3.63, 3.8) is 0 Å². The quantitative estimate of drug-likeness (QED) is 0.876. The molecule has 2 N–H and O–H groups in total. The first kappa shape index (κ1) is 14.7. The van der Waals surface area contributed by atoms with E-state index < -0.39 is 0 Å². The maximum Gasteiger partial charge on any atom is 0.243 e. The summed E-state index contributed by atoms with van der Waals surface area (Å²) in [5.41, 5.74) is 1.58. The molecule has 1 amide bonds. The molecule has 2 aromatic rings. The fraction of sp³-hybridized carbons (Fsp3) is 0.188. The topological polar surface area (TPSA) is 59.6 Å². The van der Waals surface area contributed by atoms with Crippen LogP contribution < -0.4 is 20.1 Å². The van der Waals surface area contributed by atoms with Crippen LogP contribution in [0.2, 0.25) is 0 Å². The molecule has 0 unspecified atom stereocenters. The highest BCUT2D eigenvalue weighted by molar-refractivity contribution is 9.10. The normalized spacial score (nSPS) is 12.6. The lowest BCUT2D eigenvalue weighted by atomic mass is 10.2. The number of carbonyl (C=O) groups excluding carboxylic acids is 1. The van der Waals surface area contributed by atoms with Crippen LogP contribution in [0.25, 0.3) is 0 Å². The third kappa shape index (κ3) is 3.71. The van der Waals surface area contributed by atoms with Gasteiger partial charge in [-0.1, -0.05) is 15.9 Å². The van der Waals surface area contributed by atoms with Crippen molar-refractivity contribution in [2.45, 2.75) is 0 Å². The number of halogens is 1. The Hall–Kier alpha value is -2.21. The summed E-state index contributed by atoms with van der Waals surface area (Å²) in [6.45, 7) is 1.28. The lowest BCUT2D eigenvalue weighted by Gasteiger charge is -2.19. The van der Waals surface area contributed by atoms with Crippen LogP contribution in [0.3, 0.4) is 0 Å². The molecule has 6 heteroatoms. The van der Waals surface area contributed by atoms with Gasteiger partial charge in [0.15, 0.2) is 11.5 Å². The molecule has 0 saturated heterocycles. The molecule has 0 fully saturated rings. The third-order valence-corrected chi connectivity index (χ3v) is 3.65. The van der Waals surface area contributed by atoms with Crippen molar-refractivity contribution in [3.8, 4) is 11.5 Å². The van der Waals surface area contributed by atoms with Gasteiger partial charge in [0.1, 0.15) is 13.2 Å². The highest BCUT2D eigenvalue weighted by Crippen LogP contribution is 2.32. The maximum absolute atomic E-state index is 11.9. The molecule has 0 spiro atoms. The first-order valence-electron chi connectivity index (χ1n) is 6.90. The summed E-state index contributed by atoms with van der Waals surface area (Å²) in [5, 5.41) is 5.89. The summed E-state index contributed by atoms with van der Waals surface area (Å²) in [6.07, 6.45) is 0. The molecule has 1 aliphatic heterocycles. The number of benzene rings is 2. The summed E-state index contributed by atoms with van der Waals surface area (Å²) in [6, 6.07) is 13.0. The van der Waals surface area contributed by atoms with Crippen molar-refractivity contribution in [2.75, 3.05) is 30.4 Å². The molecule has 3 rings (SSSR count). The van der Waals surface area contributed by atoms with E-state index in [0.717, 1.165) is 21.6 Å². The molecule has 2 aromatic carbocycles. The zero-order chi connectivity index (χ0) is 15.4. The van der Waals surface area contributed by atoms with Crippen LogP contribution in [-0.4, -0.2) is 25.7 Å². The van der Waals surface area contributed by atoms with Gasteiger partial charge in [-0.05, 0) is 36.4 Å². The molecule has 0 radical (unpaired) electrons. The van der Waals surface area contributed by atoms with Gasteiger partial charge >= 0.3 is 0 Å². The van der Waals surface area contributed by atoms with E-state index in [4.69, 9.17) is 9.47 Å². The molecular formula is C16H15BrN2O3. The van der Waals surface area contributed by atoms with Gasteiger partial charge in [-0.25, -0.2) is 0 Å². The van der Waals surface area contributed by atoms with Gasteiger partial charge in [-0.3, -0.25) is 4.79 Å². The van der Waals surface area contributed by atoms with E-state index in [1.54, 1.807) is 0 Å². The molecule has 0 atom stereocenters. The summed E-state index contributed by atoms with van der Waals surface area (Å²) in [7, 11) is 0. The standard InChI is InChI=1S/C16H15BrN2O3/c17-11-1-3-12(4-2-11)19-16(20)10-18-13-5-6-14-15(9-13)22-8-7-21-14/h1-6,9,18H,7-8,10H2,(H,19,20). The molecule has 22 heavy (non-hydrogen) atoms. The van der Waals surface area contributed by atoms with E-state index in [-0.39, 0.29) is 12.5 Å². The van der Waals surface area contributed by atoms with Crippen LogP contribution in [-0.2, 0) is 4.79 Å². The molecule has 0 bridgehead atoms. The van der Waals surface area contributed by atoms with Gasteiger partial charge < -0.3 is 20.1 Å². The van der Waals surface area contributed by atoms with Crippen LogP contribution in [0, 0.1) is 0 Å². The Morgan fingerprint density at radius 2 is 1.68 bits per heavy atom. The average Bonchev–Trinajstić information content (AvgIpc) is 2.55. The number of carbonyl (C=O) groups is 1. The Morgan fingerprint density at radius 3 is 2.45 bits per heavy atom. The van der Waals surface area contributed by atoms with Crippen molar-refractivity contribution in [2.24, 2.45) is 0 Å². The predicted octanol–water partition coefficient (Wildman–Crippen LogP) is 3.27. The van der Waals surface area contributed by atoms with Crippen molar-refractivity contribution in [1.29, 1.82) is 0 Å². The van der Waals surface area contributed by atoms with Gasteiger partial charge in [0, 0.05) is 21.9 Å². The fourth-order valence-corrected chi connectivity index (χ4v) is 2.34.